The number of amides is 1. The van der Waals surface area contributed by atoms with Gasteiger partial charge in [-0.15, -0.1) is 0 Å². The minimum atomic E-state index is -0.681. The Balaban J connectivity index is 1.99. The van der Waals surface area contributed by atoms with Gasteiger partial charge >= 0.3 is 0 Å². The van der Waals surface area contributed by atoms with Gasteiger partial charge in [-0.25, -0.2) is 0 Å². The highest BCUT2D eigenvalue weighted by Gasteiger charge is 2.45. The van der Waals surface area contributed by atoms with Crippen LogP contribution in [0.5, 0.6) is 0 Å². The number of hydrogen-bond acceptors (Lipinski definition) is 5. The molecule has 3 rings (SSSR count). The Labute approximate surface area is 181 Å². The van der Waals surface area contributed by atoms with E-state index in [9.17, 15) is 14.7 Å². The lowest BCUT2D eigenvalue weighted by Crippen LogP contribution is -2.33. The van der Waals surface area contributed by atoms with Crippen LogP contribution in [0, 0.1) is 0 Å². The molecule has 158 valence electrons. The zero-order chi connectivity index (χ0) is 21.7. The molecule has 30 heavy (non-hydrogen) atoms. The van der Waals surface area contributed by atoms with Crippen molar-refractivity contribution in [2.45, 2.75) is 26.3 Å². The number of rotatable bonds is 8. The molecule has 7 heteroatoms. The molecule has 0 radical (unpaired) electrons. The highest BCUT2D eigenvalue weighted by atomic mass is 35.5. The quantitative estimate of drug-likeness (QED) is 0.393. The summed E-state index contributed by atoms with van der Waals surface area (Å²) in [5.74, 6) is -1.48. The molecule has 1 N–H and O–H groups in total. The molecule has 2 heterocycles. The largest absolute Gasteiger partial charge is 0.507 e. The Morgan fingerprint density at radius 2 is 1.87 bits per heavy atom. The van der Waals surface area contributed by atoms with Gasteiger partial charge in [0.25, 0.3) is 11.7 Å². The number of carbonyl (C=O) groups excluding carboxylic acids is 2. The molecule has 1 atom stereocenters. The molecule has 1 fully saturated rings. The van der Waals surface area contributed by atoms with Crippen LogP contribution in [0.1, 0.15) is 37.4 Å². The molecule has 0 spiro atoms. The minimum absolute atomic E-state index is 0.0816. The van der Waals surface area contributed by atoms with Crippen LogP contribution in [-0.4, -0.2) is 57.8 Å². The van der Waals surface area contributed by atoms with Crippen LogP contribution in [-0.2, 0) is 9.59 Å². The first kappa shape index (κ1) is 22.0. The zero-order valence-corrected chi connectivity index (χ0v) is 18.0. The van der Waals surface area contributed by atoms with E-state index >= 15 is 0 Å². The molecule has 2 aromatic rings. The van der Waals surface area contributed by atoms with Crippen molar-refractivity contribution in [2.75, 3.05) is 26.2 Å². The Bertz CT molecular complexity index is 924. The van der Waals surface area contributed by atoms with Gasteiger partial charge in [-0.1, -0.05) is 31.5 Å². The predicted molar refractivity (Wildman–Crippen MR) is 117 cm³/mol. The highest BCUT2D eigenvalue weighted by molar-refractivity contribution is 6.46. The molecule has 1 unspecified atom stereocenters. The summed E-state index contributed by atoms with van der Waals surface area (Å²) in [7, 11) is 0. The van der Waals surface area contributed by atoms with Gasteiger partial charge in [0.15, 0.2) is 0 Å². The van der Waals surface area contributed by atoms with E-state index in [2.05, 4.69) is 23.7 Å². The summed E-state index contributed by atoms with van der Waals surface area (Å²) >= 11 is 5.94. The number of Topliss-reactive ketones (excluding diaryl/α,β-unsaturated/α-hetero) is 1. The Hall–Kier alpha value is -2.70. The lowest BCUT2D eigenvalue weighted by atomic mass is 9.96. The lowest BCUT2D eigenvalue weighted by Gasteiger charge is -2.26. The third kappa shape index (κ3) is 4.55. The van der Waals surface area contributed by atoms with Crippen LogP contribution in [0.25, 0.3) is 5.76 Å². The fourth-order valence-electron chi connectivity index (χ4n) is 3.76. The average Bonchev–Trinajstić information content (AvgIpc) is 3.02. The maximum Gasteiger partial charge on any atom is 0.295 e. The van der Waals surface area contributed by atoms with E-state index in [1.54, 1.807) is 47.6 Å². The van der Waals surface area contributed by atoms with Gasteiger partial charge in [0.05, 0.1) is 11.6 Å². The molecule has 0 aliphatic carbocycles. The van der Waals surface area contributed by atoms with Crippen LogP contribution in [0.15, 0.2) is 54.4 Å². The second-order valence-corrected chi connectivity index (χ2v) is 7.60. The van der Waals surface area contributed by atoms with Gasteiger partial charge in [0, 0.05) is 29.5 Å². The molecular formula is C23H26ClN3O3. The fourth-order valence-corrected chi connectivity index (χ4v) is 3.89. The van der Waals surface area contributed by atoms with Crippen LogP contribution in [0.2, 0.25) is 5.02 Å². The third-order valence-electron chi connectivity index (χ3n) is 5.43. The van der Waals surface area contributed by atoms with Gasteiger partial charge in [0.2, 0.25) is 0 Å². The number of carbonyl (C=O) groups is 2. The molecule has 1 aromatic heterocycles. The highest BCUT2D eigenvalue weighted by Crippen LogP contribution is 2.39. The maximum absolute atomic E-state index is 12.9. The summed E-state index contributed by atoms with van der Waals surface area (Å²) in [6.07, 6.45) is 3.99. The van der Waals surface area contributed by atoms with Gasteiger partial charge in [0.1, 0.15) is 5.76 Å². The van der Waals surface area contributed by atoms with E-state index in [4.69, 9.17) is 11.6 Å². The second-order valence-electron chi connectivity index (χ2n) is 7.17. The summed E-state index contributed by atoms with van der Waals surface area (Å²) < 4.78 is 0. The van der Waals surface area contributed by atoms with E-state index in [1.807, 2.05) is 6.07 Å². The Kier molecular flexibility index (Phi) is 7.24. The number of aliphatic hydroxyl groups is 1. The van der Waals surface area contributed by atoms with Crippen molar-refractivity contribution in [1.29, 1.82) is 0 Å². The summed E-state index contributed by atoms with van der Waals surface area (Å²) in [6.45, 7) is 7.29. The molecule has 6 nitrogen and oxygen atoms in total. The van der Waals surface area contributed by atoms with E-state index in [0.29, 0.717) is 22.7 Å². The SMILES string of the molecule is CCN(CC)CCCN1C(=O)C(=O)C(=C(O)c2ccc(Cl)cc2)C1c1cccnc1. The van der Waals surface area contributed by atoms with Gasteiger partial charge < -0.3 is 14.9 Å². The normalized spacial score (nSPS) is 18.4. The van der Waals surface area contributed by atoms with Crippen molar-refractivity contribution in [3.05, 3.63) is 70.5 Å². The number of aliphatic hydroxyl groups excluding tert-OH is 1. The van der Waals surface area contributed by atoms with Crippen molar-refractivity contribution in [2.24, 2.45) is 0 Å². The summed E-state index contributed by atoms with van der Waals surface area (Å²) in [6, 6.07) is 9.43. The van der Waals surface area contributed by atoms with Crippen molar-refractivity contribution < 1.29 is 14.7 Å². The summed E-state index contributed by atoms with van der Waals surface area (Å²) in [4.78, 5) is 33.8. The van der Waals surface area contributed by atoms with Crippen LogP contribution in [0.4, 0.5) is 0 Å². The standard InChI is InChI=1S/C23H26ClN3O3/c1-3-26(4-2)13-6-14-27-20(17-7-5-12-25-15-17)19(22(29)23(27)30)21(28)16-8-10-18(24)11-9-16/h5,7-12,15,20,28H,3-4,6,13-14H2,1-2H3. The van der Waals surface area contributed by atoms with Crippen LogP contribution in [0.3, 0.4) is 0 Å². The first-order valence-corrected chi connectivity index (χ1v) is 10.5. The minimum Gasteiger partial charge on any atom is -0.507 e. The Morgan fingerprint density at radius 3 is 2.47 bits per heavy atom. The molecule has 1 aliphatic heterocycles. The van der Waals surface area contributed by atoms with Crippen LogP contribution < -0.4 is 0 Å². The molecule has 1 amide bonds. The topological polar surface area (TPSA) is 73.7 Å². The molecule has 0 bridgehead atoms. The smallest absolute Gasteiger partial charge is 0.295 e. The first-order chi connectivity index (χ1) is 14.5. The maximum atomic E-state index is 12.9. The molecular weight excluding hydrogens is 402 g/mol. The van der Waals surface area contributed by atoms with Crippen molar-refractivity contribution in [3.63, 3.8) is 0 Å². The summed E-state index contributed by atoms with van der Waals surface area (Å²) in [5, 5.41) is 11.5. The average molecular weight is 428 g/mol. The number of hydrogen-bond donors (Lipinski definition) is 1. The van der Waals surface area contributed by atoms with E-state index in [0.717, 1.165) is 26.1 Å². The van der Waals surface area contributed by atoms with E-state index in [-0.39, 0.29) is 11.3 Å². The van der Waals surface area contributed by atoms with Crippen molar-refractivity contribution in [3.8, 4) is 0 Å². The number of halogens is 1. The van der Waals surface area contributed by atoms with Gasteiger partial charge in [-0.3, -0.25) is 14.6 Å². The van der Waals surface area contributed by atoms with Crippen molar-refractivity contribution >= 4 is 29.1 Å². The monoisotopic (exact) mass is 427 g/mol. The zero-order valence-electron chi connectivity index (χ0n) is 17.2. The number of ketones is 1. The molecule has 1 aromatic carbocycles. The van der Waals surface area contributed by atoms with Crippen molar-refractivity contribution in [1.82, 2.24) is 14.8 Å². The van der Waals surface area contributed by atoms with E-state index in [1.165, 1.54) is 0 Å². The number of likely N-dealkylation sites (tertiary alicyclic amines) is 1. The first-order valence-electron chi connectivity index (χ1n) is 10.1. The van der Waals surface area contributed by atoms with Gasteiger partial charge in [-0.2, -0.15) is 0 Å². The number of nitrogens with zero attached hydrogens (tertiary/aromatic N) is 3. The molecule has 1 aliphatic rings. The summed E-state index contributed by atoms with van der Waals surface area (Å²) in [5.41, 5.74) is 1.21. The predicted octanol–water partition coefficient (Wildman–Crippen LogP) is 3.89. The fraction of sp³-hybridized carbons (Fsp3) is 0.348. The number of benzene rings is 1. The van der Waals surface area contributed by atoms with E-state index < -0.39 is 17.7 Å². The lowest BCUT2D eigenvalue weighted by molar-refractivity contribution is -0.140. The molecule has 1 saturated heterocycles. The molecule has 0 saturated carbocycles. The third-order valence-corrected chi connectivity index (χ3v) is 5.68. The second kappa shape index (κ2) is 9.87. The number of pyridine rings is 1. The van der Waals surface area contributed by atoms with Crippen LogP contribution >= 0.6 is 11.6 Å². The van der Waals surface area contributed by atoms with Gasteiger partial charge in [-0.05, 0) is 62.0 Å². The number of aromatic nitrogens is 1. The Morgan fingerprint density at radius 1 is 1.17 bits per heavy atom.